The zero-order chi connectivity index (χ0) is 9.10. The topological polar surface area (TPSA) is 12.9 Å². The van der Waals surface area contributed by atoms with E-state index < -0.39 is 0 Å². The fraction of sp³-hybridized carbons (Fsp3) is 0. The summed E-state index contributed by atoms with van der Waals surface area (Å²) in [7, 11) is 0. The van der Waals surface area contributed by atoms with Crippen LogP contribution in [0.15, 0.2) is 48.8 Å². The molecule has 1 nitrogen and oxygen atoms in total. The van der Waals surface area contributed by atoms with Crippen LogP contribution in [0.4, 0.5) is 0 Å². The lowest BCUT2D eigenvalue weighted by molar-refractivity contribution is 1.33. The van der Waals surface area contributed by atoms with Crippen LogP contribution in [0.2, 0.25) is 5.02 Å². The SMILES string of the molecule is Clc1cccc(-c2cccnc2)c1. The first-order valence-electron chi connectivity index (χ1n) is 4.02. The molecule has 0 saturated heterocycles. The van der Waals surface area contributed by atoms with Gasteiger partial charge in [0.25, 0.3) is 0 Å². The van der Waals surface area contributed by atoms with Gasteiger partial charge in [-0.1, -0.05) is 29.8 Å². The largest absolute Gasteiger partial charge is 0.264 e. The van der Waals surface area contributed by atoms with Crippen LogP contribution in [0.1, 0.15) is 0 Å². The predicted octanol–water partition coefficient (Wildman–Crippen LogP) is 3.40. The van der Waals surface area contributed by atoms with E-state index in [9.17, 15) is 0 Å². The van der Waals surface area contributed by atoms with Gasteiger partial charge >= 0.3 is 0 Å². The normalized spacial score (nSPS) is 9.92. The van der Waals surface area contributed by atoms with Gasteiger partial charge in [0.1, 0.15) is 0 Å². The molecule has 2 rings (SSSR count). The highest BCUT2D eigenvalue weighted by Gasteiger charge is 1.96. The number of benzene rings is 1. The molecule has 0 spiro atoms. The fourth-order valence-corrected chi connectivity index (χ4v) is 1.39. The summed E-state index contributed by atoms with van der Waals surface area (Å²) in [6, 6.07) is 11.7. The van der Waals surface area contributed by atoms with Gasteiger partial charge in [-0.05, 0) is 23.8 Å². The maximum absolute atomic E-state index is 5.87. The minimum Gasteiger partial charge on any atom is -0.264 e. The molecule has 0 unspecified atom stereocenters. The van der Waals surface area contributed by atoms with E-state index in [0.29, 0.717) is 0 Å². The third kappa shape index (κ3) is 1.87. The molecule has 0 N–H and O–H groups in total. The van der Waals surface area contributed by atoms with Gasteiger partial charge in [0, 0.05) is 23.0 Å². The summed E-state index contributed by atoms with van der Waals surface area (Å²) in [6.45, 7) is 0. The van der Waals surface area contributed by atoms with Gasteiger partial charge in [-0.3, -0.25) is 4.98 Å². The van der Waals surface area contributed by atoms with Crippen molar-refractivity contribution in [1.82, 2.24) is 4.98 Å². The molecule has 0 bridgehead atoms. The molecule has 0 atom stereocenters. The van der Waals surface area contributed by atoms with Crippen LogP contribution in [0.25, 0.3) is 11.1 Å². The number of nitrogens with zero attached hydrogens (tertiary/aromatic N) is 1. The van der Waals surface area contributed by atoms with Crippen molar-refractivity contribution >= 4 is 11.6 Å². The Hall–Kier alpha value is -1.34. The van der Waals surface area contributed by atoms with Gasteiger partial charge < -0.3 is 0 Å². The van der Waals surface area contributed by atoms with Crippen LogP contribution in [0.5, 0.6) is 0 Å². The van der Waals surface area contributed by atoms with Gasteiger partial charge in [0.2, 0.25) is 0 Å². The number of aromatic nitrogens is 1. The average molecular weight is 190 g/mol. The van der Waals surface area contributed by atoms with E-state index in [4.69, 9.17) is 11.6 Å². The Morgan fingerprint density at radius 2 is 1.85 bits per heavy atom. The summed E-state index contributed by atoms with van der Waals surface area (Å²) in [4.78, 5) is 4.05. The third-order valence-electron chi connectivity index (χ3n) is 1.82. The van der Waals surface area contributed by atoms with Gasteiger partial charge in [-0.2, -0.15) is 0 Å². The van der Waals surface area contributed by atoms with Crippen LogP contribution in [0.3, 0.4) is 0 Å². The van der Waals surface area contributed by atoms with Crippen molar-refractivity contribution in [3.8, 4) is 11.1 Å². The number of pyridine rings is 1. The molecule has 2 heteroatoms. The lowest BCUT2D eigenvalue weighted by Crippen LogP contribution is -1.77. The summed E-state index contributed by atoms with van der Waals surface area (Å²) < 4.78 is 0. The van der Waals surface area contributed by atoms with Crippen molar-refractivity contribution in [2.24, 2.45) is 0 Å². The highest BCUT2D eigenvalue weighted by molar-refractivity contribution is 6.30. The molecule has 0 fully saturated rings. The first kappa shape index (κ1) is 8.27. The van der Waals surface area contributed by atoms with Crippen LogP contribution < -0.4 is 0 Å². The predicted molar refractivity (Wildman–Crippen MR) is 54.7 cm³/mol. The summed E-state index contributed by atoms with van der Waals surface area (Å²) in [5.74, 6) is 0. The van der Waals surface area contributed by atoms with Gasteiger partial charge in [-0.15, -0.1) is 0 Å². The molecule has 1 heterocycles. The Labute approximate surface area is 82.0 Å². The number of hydrogen-bond donors (Lipinski definition) is 0. The highest BCUT2D eigenvalue weighted by Crippen LogP contribution is 2.21. The van der Waals surface area contributed by atoms with E-state index in [1.54, 1.807) is 6.20 Å². The molecule has 0 radical (unpaired) electrons. The highest BCUT2D eigenvalue weighted by atomic mass is 35.5. The lowest BCUT2D eigenvalue weighted by Gasteiger charge is -1.99. The monoisotopic (exact) mass is 189 g/mol. The third-order valence-corrected chi connectivity index (χ3v) is 2.05. The molecule has 2 aromatic rings. The fourth-order valence-electron chi connectivity index (χ4n) is 1.20. The first-order chi connectivity index (χ1) is 6.36. The van der Waals surface area contributed by atoms with Crippen molar-refractivity contribution < 1.29 is 0 Å². The molecule has 0 aliphatic heterocycles. The molecule has 0 saturated carbocycles. The Morgan fingerprint density at radius 3 is 2.54 bits per heavy atom. The first-order valence-corrected chi connectivity index (χ1v) is 4.40. The second-order valence-electron chi connectivity index (χ2n) is 2.75. The van der Waals surface area contributed by atoms with E-state index in [1.165, 1.54) is 0 Å². The summed E-state index contributed by atoms with van der Waals surface area (Å²) in [6.07, 6.45) is 3.58. The lowest BCUT2D eigenvalue weighted by atomic mass is 10.1. The van der Waals surface area contributed by atoms with Crippen LogP contribution in [-0.2, 0) is 0 Å². The minimum atomic E-state index is 0.751. The van der Waals surface area contributed by atoms with E-state index in [2.05, 4.69) is 4.98 Å². The van der Waals surface area contributed by atoms with Crippen molar-refractivity contribution in [2.45, 2.75) is 0 Å². The minimum absolute atomic E-state index is 0.751. The quantitative estimate of drug-likeness (QED) is 0.670. The molecule has 64 valence electrons. The molecular formula is C11H8ClN. The number of hydrogen-bond acceptors (Lipinski definition) is 1. The molecule has 1 aromatic heterocycles. The number of rotatable bonds is 1. The van der Waals surface area contributed by atoms with E-state index >= 15 is 0 Å². The zero-order valence-corrected chi connectivity index (χ0v) is 7.70. The smallest absolute Gasteiger partial charge is 0.0412 e. The summed E-state index contributed by atoms with van der Waals surface area (Å²) in [5.41, 5.74) is 2.19. The van der Waals surface area contributed by atoms with Crippen molar-refractivity contribution in [3.05, 3.63) is 53.8 Å². The van der Waals surface area contributed by atoms with Gasteiger partial charge in [-0.25, -0.2) is 0 Å². The second-order valence-corrected chi connectivity index (χ2v) is 3.19. The van der Waals surface area contributed by atoms with Gasteiger partial charge in [0.05, 0.1) is 0 Å². The molecular weight excluding hydrogens is 182 g/mol. The zero-order valence-electron chi connectivity index (χ0n) is 6.94. The van der Waals surface area contributed by atoms with Crippen molar-refractivity contribution in [3.63, 3.8) is 0 Å². The Balaban J connectivity index is 2.48. The van der Waals surface area contributed by atoms with Gasteiger partial charge in [0.15, 0.2) is 0 Å². The van der Waals surface area contributed by atoms with E-state index in [-0.39, 0.29) is 0 Å². The second kappa shape index (κ2) is 3.58. The molecule has 0 amide bonds. The number of halogens is 1. The van der Waals surface area contributed by atoms with E-state index in [1.807, 2.05) is 42.6 Å². The molecule has 13 heavy (non-hydrogen) atoms. The van der Waals surface area contributed by atoms with Crippen molar-refractivity contribution in [2.75, 3.05) is 0 Å². The maximum atomic E-state index is 5.87. The molecule has 0 aliphatic rings. The van der Waals surface area contributed by atoms with Crippen molar-refractivity contribution in [1.29, 1.82) is 0 Å². The Kier molecular flexibility index (Phi) is 2.28. The molecule has 1 aromatic carbocycles. The average Bonchev–Trinajstić information content (AvgIpc) is 2.19. The van der Waals surface area contributed by atoms with E-state index in [0.717, 1.165) is 16.1 Å². The molecule has 0 aliphatic carbocycles. The summed E-state index contributed by atoms with van der Waals surface area (Å²) >= 11 is 5.87. The Bertz CT molecular complexity index is 398. The van der Waals surface area contributed by atoms with Crippen LogP contribution in [-0.4, -0.2) is 4.98 Å². The Morgan fingerprint density at radius 1 is 1.00 bits per heavy atom. The van der Waals surface area contributed by atoms with Crippen LogP contribution in [0, 0.1) is 0 Å². The maximum Gasteiger partial charge on any atom is 0.0412 e. The standard InChI is InChI=1S/C11H8ClN/c12-11-5-1-3-9(7-11)10-4-2-6-13-8-10/h1-8H. The summed E-state index contributed by atoms with van der Waals surface area (Å²) in [5, 5.41) is 0.751. The van der Waals surface area contributed by atoms with Crippen LogP contribution >= 0.6 is 11.6 Å².